The first-order valence-corrected chi connectivity index (χ1v) is 4.08. The lowest BCUT2D eigenvalue weighted by molar-refractivity contribution is 0.930. The molecule has 2 rings (SSSR count). The quantitative estimate of drug-likeness (QED) is 0.635. The minimum atomic E-state index is 0.955. The van der Waals surface area contributed by atoms with Crippen LogP contribution in [-0.4, -0.2) is 14.5 Å². The van der Waals surface area contributed by atoms with E-state index in [4.69, 9.17) is 0 Å². The van der Waals surface area contributed by atoms with Crippen LogP contribution >= 0.6 is 0 Å². The van der Waals surface area contributed by atoms with Gasteiger partial charge in [-0.2, -0.15) is 0 Å². The second-order valence-corrected chi connectivity index (χ2v) is 2.83. The molecule has 2 aromatic rings. The number of nitrogens with zero attached hydrogens (tertiary/aromatic N) is 3. The highest BCUT2D eigenvalue weighted by molar-refractivity contribution is 5.77. The van der Waals surface area contributed by atoms with Gasteiger partial charge in [-0.25, -0.2) is 9.97 Å². The standard InChI is InChI=1S/C9H11N3/c1-3-7-9-8(11-6-10-7)4-5-12(9)2/h4-6H,3H2,1-2H3. The van der Waals surface area contributed by atoms with E-state index in [0.717, 1.165) is 23.1 Å². The molecule has 0 aliphatic rings. The Morgan fingerprint density at radius 2 is 2.25 bits per heavy atom. The summed E-state index contributed by atoms with van der Waals surface area (Å²) in [6.45, 7) is 2.11. The lowest BCUT2D eigenvalue weighted by Crippen LogP contribution is -1.94. The number of fused-ring (bicyclic) bond motifs is 1. The van der Waals surface area contributed by atoms with Gasteiger partial charge in [-0.3, -0.25) is 0 Å². The van der Waals surface area contributed by atoms with E-state index in [2.05, 4.69) is 21.5 Å². The van der Waals surface area contributed by atoms with Gasteiger partial charge in [0.15, 0.2) is 0 Å². The molecule has 2 heterocycles. The number of aryl methyl sites for hydroxylation is 2. The predicted octanol–water partition coefficient (Wildman–Crippen LogP) is 1.53. The molecular weight excluding hydrogens is 150 g/mol. The van der Waals surface area contributed by atoms with Crippen molar-refractivity contribution in [1.29, 1.82) is 0 Å². The van der Waals surface area contributed by atoms with Crippen molar-refractivity contribution in [2.24, 2.45) is 7.05 Å². The summed E-state index contributed by atoms with van der Waals surface area (Å²) < 4.78 is 2.06. The summed E-state index contributed by atoms with van der Waals surface area (Å²) in [5.74, 6) is 0. The van der Waals surface area contributed by atoms with Gasteiger partial charge in [-0.05, 0) is 12.5 Å². The van der Waals surface area contributed by atoms with Crippen molar-refractivity contribution in [2.75, 3.05) is 0 Å². The van der Waals surface area contributed by atoms with E-state index in [9.17, 15) is 0 Å². The molecule has 0 N–H and O–H groups in total. The van der Waals surface area contributed by atoms with Crippen molar-refractivity contribution < 1.29 is 0 Å². The molecule has 0 aliphatic carbocycles. The van der Waals surface area contributed by atoms with Gasteiger partial charge in [-0.1, -0.05) is 6.92 Å². The summed E-state index contributed by atoms with van der Waals surface area (Å²) in [6, 6.07) is 2.01. The third kappa shape index (κ3) is 0.897. The van der Waals surface area contributed by atoms with E-state index >= 15 is 0 Å². The second kappa shape index (κ2) is 2.59. The molecule has 0 atom stereocenters. The van der Waals surface area contributed by atoms with Gasteiger partial charge in [0.05, 0.1) is 16.7 Å². The van der Waals surface area contributed by atoms with Gasteiger partial charge >= 0.3 is 0 Å². The van der Waals surface area contributed by atoms with Crippen LogP contribution in [0.4, 0.5) is 0 Å². The summed E-state index contributed by atoms with van der Waals surface area (Å²) in [7, 11) is 2.02. The average Bonchev–Trinajstić information content (AvgIpc) is 2.48. The molecule has 3 nitrogen and oxygen atoms in total. The van der Waals surface area contributed by atoms with Gasteiger partial charge in [0.25, 0.3) is 0 Å². The van der Waals surface area contributed by atoms with Gasteiger partial charge in [0, 0.05) is 13.2 Å². The fraction of sp³-hybridized carbons (Fsp3) is 0.333. The molecule has 0 unspecified atom stereocenters. The smallest absolute Gasteiger partial charge is 0.116 e. The van der Waals surface area contributed by atoms with Crippen LogP contribution in [0.15, 0.2) is 18.6 Å². The summed E-state index contributed by atoms with van der Waals surface area (Å²) in [6.07, 6.45) is 4.59. The molecule has 0 saturated carbocycles. The fourth-order valence-corrected chi connectivity index (χ4v) is 1.45. The van der Waals surface area contributed by atoms with Crippen LogP contribution in [0.3, 0.4) is 0 Å². The van der Waals surface area contributed by atoms with E-state index in [1.807, 2.05) is 19.3 Å². The Hall–Kier alpha value is -1.38. The van der Waals surface area contributed by atoms with E-state index in [1.165, 1.54) is 0 Å². The molecule has 12 heavy (non-hydrogen) atoms. The topological polar surface area (TPSA) is 30.7 Å². The Morgan fingerprint density at radius 3 is 3.00 bits per heavy atom. The summed E-state index contributed by atoms with van der Waals surface area (Å²) in [4.78, 5) is 8.41. The maximum absolute atomic E-state index is 4.23. The van der Waals surface area contributed by atoms with Crippen LogP contribution < -0.4 is 0 Å². The molecule has 62 valence electrons. The lowest BCUT2D eigenvalue weighted by Gasteiger charge is -2.00. The van der Waals surface area contributed by atoms with E-state index < -0.39 is 0 Å². The van der Waals surface area contributed by atoms with E-state index in [0.29, 0.717) is 0 Å². The van der Waals surface area contributed by atoms with Crippen LogP contribution in [0.5, 0.6) is 0 Å². The van der Waals surface area contributed by atoms with E-state index in [-0.39, 0.29) is 0 Å². The Morgan fingerprint density at radius 1 is 1.42 bits per heavy atom. The molecule has 0 bridgehead atoms. The van der Waals surface area contributed by atoms with Gasteiger partial charge in [0.2, 0.25) is 0 Å². The van der Waals surface area contributed by atoms with Crippen LogP contribution in [0.2, 0.25) is 0 Å². The van der Waals surface area contributed by atoms with Gasteiger partial charge in [-0.15, -0.1) is 0 Å². The number of rotatable bonds is 1. The Kier molecular flexibility index (Phi) is 1.57. The van der Waals surface area contributed by atoms with Crippen molar-refractivity contribution in [2.45, 2.75) is 13.3 Å². The molecule has 0 amide bonds. The maximum atomic E-state index is 4.23. The molecular formula is C9H11N3. The molecule has 2 aromatic heterocycles. The predicted molar refractivity (Wildman–Crippen MR) is 47.9 cm³/mol. The highest BCUT2D eigenvalue weighted by Crippen LogP contribution is 2.14. The normalized spacial score (nSPS) is 10.8. The lowest BCUT2D eigenvalue weighted by atomic mass is 10.3. The highest BCUT2D eigenvalue weighted by Gasteiger charge is 2.03. The molecule has 0 aromatic carbocycles. The van der Waals surface area contributed by atoms with Crippen LogP contribution in [-0.2, 0) is 13.5 Å². The number of hydrogen-bond donors (Lipinski definition) is 0. The van der Waals surface area contributed by atoms with Crippen molar-refractivity contribution >= 4 is 11.0 Å². The number of aromatic nitrogens is 3. The van der Waals surface area contributed by atoms with Gasteiger partial charge < -0.3 is 4.57 Å². The van der Waals surface area contributed by atoms with Crippen molar-refractivity contribution in [3.8, 4) is 0 Å². The van der Waals surface area contributed by atoms with Crippen molar-refractivity contribution in [3.63, 3.8) is 0 Å². The summed E-state index contributed by atoms with van der Waals surface area (Å²) in [5, 5.41) is 0. The molecule has 0 aliphatic heterocycles. The average molecular weight is 161 g/mol. The zero-order valence-electron chi connectivity index (χ0n) is 7.28. The van der Waals surface area contributed by atoms with Crippen LogP contribution in [0.25, 0.3) is 11.0 Å². The fourth-order valence-electron chi connectivity index (χ4n) is 1.45. The van der Waals surface area contributed by atoms with Gasteiger partial charge in [0.1, 0.15) is 6.33 Å². The minimum absolute atomic E-state index is 0.955. The van der Waals surface area contributed by atoms with Crippen molar-refractivity contribution in [3.05, 3.63) is 24.3 Å². The largest absolute Gasteiger partial charge is 0.348 e. The Labute approximate surface area is 71.1 Å². The zero-order chi connectivity index (χ0) is 8.55. The Bertz CT molecular complexity index is 403. The molecule has 0 spiro atoms. The number of hydrogen-bond acceptors (Lipinski definition) is 2. The van der Waals surface area contributed by atoms with E-state index in [1.54, 1.807) is 6.33 Å². The third-order valence-electron chi connectivity index (χ3n) is 2.07. The minimum Gasteiger partial charge on any atom is -0.348 e. The molecule has 0 radical (unpaired) electrons. The maximum Gasteiger partial charge on any atom is 0.116 e. The highest BCUT2D eigenvalue weighted by atomic mass is 15.0. The molecule has 0 fully saturated rings. The Balaban J connectivity index is 2.84. The molecule has 3 heteroatoms. The first-order chi connectivity index (χ1) is 5.83. The third-order valence-corrected chi connectivity index (χ3v) is 2.07. The van der Waals surface area contributed by atoms with Crippen LogP contribution in [0.1, 0.15) is 12.6 Å². The second-order valence-electron chi connectivity index (χ2n) is 2.83. The van der Waals surface area contributed by atoms with Crippen LogP contribution in [0, 0.1) is 0 Å². The monoisotopic (exact) mass is 161 g/mol. The van der Waals surface area contributed by atoms with Crippen molar-refractivity contribution in [1.82, 2.24) is 14.5 Å². The first-order valence-electron chi connectivity index (χ1n) is 4.08. The summed E-state index contributed by atoms with van der Waals surface area (Å²) >= 11 is 0. The first kappa shape index (κ1) is 7.28. The molecule has 0 saturated heterocycles. The SMILES string of the molecule is CCc1ncnc2ccn(C)c12. The zero-order valence-corrected chi connectivity index (χ0v) is 7.28. The summed E-state index contributed by atoms with van der Waals surface area (Å²) in [5.41, 5.74) is 3.30.